The van der Waals surface area contributed by atoms with Gasteiger partial charge in [-0.1, -0.05) is 6.07 Å². The molecule has 4 heteroatoms. The Morgan fingerprint density at radius 3 is 2.55 bits per heavy atom. The van der Waals surface area contributed by atoms with Gasteiger partial charge in [-0.3, -0.25) is 4.79 Å². The Labute approximate surface area is 126 Å². The summed E-state index contributed by atoms with van der Waals surface area (Å²) in [6.45, 7) is 4.08. The summed E-state index contributed by atoms with van der Waals surface area (Å²) < 4.78 is 12.0. The standard InChI is InChI=1S/C16H15BrO3/c1-3-19-13-5-4-6-14(10-13)20-16-8-7-12(11(2)18)9-15(16)17/h4-10H,3H2,1-2H3. The first-order valence-electron chi connectivity index (χ1n) is 6.31. The predicted octanol–water partition coefficient (Wildman–Crippen LogP) is 4.84. The molecule has 2 aromatic rings. The van der Waals surface area contributed by atoms with Crippen LogP contribution in [0.3, 0.4) is 0 Å². The third-order valence-electron chi connectivity index (χ3n) is 2.68. The first-order chi connectivity index (χ1) is 9.60. The maximum Gasteiger partial charge on any atom is 0.159 e. The molecule has 2 aromatic carbocycles. The van der Waals surface area contributed by atoms with Crippen molar-refractivity contribution in [1.29, 1.82) is 0 Å². The third kappa shape index (κ3) is 3.61. The van der Waals surface area contributed by atoms with Gasteiger partial charge in [0.15, 0.2) is 5.78 Å². The minimum absolute atomic E-state index is 0.0237. The van der Waals surface area contributed by atoms with Crippen LogP contribution < -0.4 is 9.47 Å². The molecule has 0 atom stereocenters. The summed E-state index contributed by atoms with van der Waals surface area (Å²) in [5.41, 5.74) is 0.646. The molecule has 0 saturated carbocycles. The van der Waals surface area contributed by atoms with Gasteiger partial charge in [0.1, 0.15) is 17.2 Å². The highest BCUT2D eigenvalue weighted by Gasteiger charge is 2.07. The van der Waals surface area contributed by atoms with Crippen molar-refractivity contribution in [1.82, 2.24) is 0 Å². The van der Waals surface area contributed by atoms with Gasteiger partial charge in [-0.05, 0) is 60.1 Å². The summed E-state index contributed by atoms with van der Waals surface area (Å²) in [6.07, 6.45) is 0. The summed E-state index contributed by atoms with van der Waals surface area (Å²) in [4.78, 5) is 11.3. The molecule has 20 heavy (non-hydrogen) atoms. The topological polar surface area (TPSA) is 35.5 Å². The molecule has 0 fully saturated rings. The zero-order chi connectivity index (χ0) is 14.5. The minimum Gasteiger partial charge on any atom is -0.494 e. The number of halogens is 1. The summed E-state index contributed by atoms with van der Waals surface area (Å²) in [5, 5.41) is 0. The monoisotopic (exact) mass is 334 g/mol. The lowest BCUT2D eigenvalue weighted by molar-refractivity contribution is 0.101. The Hall–Kier alpha value is -1.81. The van der Waals surface area contributed by atoms with Gasteiger partial charge >= 0.3 is 0 Å². The Morgan fingerprint density at radius 2 is 1.90 bits per heavy atom. The summed E-state index contributed by atoms with van der Waals surface area (Å²) in [7, 11) is 0. The lowest BCUT2D eigenvalue weighted by Crippen LogP contribution is -1.94. The highest BCUT2D eigenvalue weighted by Crippen LogP contribution is 2.32. The predicted molar refractivity (Wildman–Crippen MR) is 81.8 cm³/mol. The molecule has 0 spiro atoms. The van der Waals surface area contributed by atoms with Gasteiger partial charge in [-0.15, -0.1) is 0 Å². The average Bonchev–Trinajstić information content (AvgIpc) is 2.42. The quantitative estimate of drug-likeness (QED) is 0.733. The van der Waals surface area contributed by atoms with Crippen LogP contribution in [0.1, 0.15) is 24.2 Å². The molecule has 0 amide bonds. The van der Waals surface area contributed by atoms with Crippen LogP contribution in [0, 0.1) is 0 Å². The minimum atomic E-state index is 0.0237. The van der Waals surface area contributed by atoms with E-state index in [1.807, 2.05) is 31.2 Å². The molecule has 0 aromatic heterocycles. The molecule has 0 bridgehead atoms. The van der Waals surface area contributed by atoms with Crippen LogP contribution in [-0.4, -0.2) is 12.4 Å². The molecule has 0 heterocycles. The average molecular weight is 335 g/mol. The molecule has 0 aliphatic carbocycles. The highest BCUT2D eigenvalue weighted by molar-refractivity contribution is 9.10. The molecule has 2 rings (SSSR count). The normalized spacial score (nSPS) is 10.2. The maximum absolute atomic E-state index is 11.3. The Balaban J connectivity index is 2.21. The molecule has 3 nitrogen and oxygen atoms in total. The molecule has 0 aliphatic heterocycles. The summed E-state index contributed by atoms with van der Waals surface area (Å²) in [5.74, 6) is 2.13. The van der Waals surface area contributed by atoms with E-state index in [1.54, 1.807) is 18.2 Å². The SMILES string of the molecule is CCOc1cccc(Oc2ccc(C(C)=O)cc2Br)c1. The van der Waals surface area contributed by atoms with Crippen LogP contribution in [-0.2, 0) is 0 Å². The van der Waals surface area contributed by atoms with Crippen molar-refractivity contribution in [2.24, 2.45) is 0 Å². The van der Waals surface area contributed by atoms with Gasteiger partial charge in [0.2, 0.25) is 0 Å². The van der Waals surface area contributed by atoms with E-state index in [9.17, 15) is 4.79 Å². The second kappa shape index (κ2) is 6.57. The van der Waals surface area contributed by atoms with E-state index in [0.29, 0.717) is 23.7 Å². The number of hydrogen-bond acceptors (Lipinski definition) is 3. The molecule has 0 saturated heterocycles. The van der Waals surface area contributed by atoms with Crippen LogP contribution >= 0.6 is 15.9 Å². The second-order valence-corrected chi connectivity index (χ2v) is 5.07. The van der Waals surface area contributed by atoms with E-state index in [4.69, 9.17) is 9.47 Å². The molecule has 104 valence electrons. The van der Waals surface area contributed by atoms with Crippen molar-refractivity contribution < 1.29 is 14.3 Å². The number of benzene rings is 2. The van der Waals surface area contributed by atoms with Crippen LogP contribution in [0.5, 0.6) is 17.2 Å². The number of hydrogen-bond donors (Lipinski definition) is 0. The smallest absolute Gasteiger partial charge is 0.159 e. The van der Waals surface area contributed by atoms with Crippen molar-refractivity contribution in [2.75, 3.05) is 6.61 Å². The Bertz CT molecular complexity index is 623. The molecule has 0 unspecified atom stereocenters. The summed E-state index contributed by atoms with van der Waals surface area (Å²) in [6, 6.07) is 12.7. The highest BCUT2D eigenvalue weighted by atomic mass is 79.9. The van der Waals surface area contributed by atoms with E-state index in [1.165, 1.54) is 6.92 Å². The van der Waals surface area contributed by atoms with E-state index < -0.39 is 0 Å². The third-order valence-corrected chi connectivity index (χ3v) is 3.30. The van der Waals surface area contributed by atoms with E-state index in [0.717, 1.165) is 10.2 Å². The molecule has 0 radical (unpaired) electrons. The second-order valence-electron chi connectivity index (χ2n) is 4.21. The van der Waals surface area contributed by atoms with Crippen LogP contribution in [0.4, 0.5) is 0 Å². The van der Waals surface area contributed by atoms with Gasteiger partial charge in [0.05, 0.1) is 11.1 Å². The van der Waals surface area contributed by atoms with Crippen LogP contribution in [0.2, 0.25) is 0 Å². The lowest BCUT2D eigenvalue weighted by atomic mass is 10.1. The van der Waals surface area contributed by atoms with Crippen LogP contribution in [0.15, 0.2) is 46.9 Å². The van der Waals surface area contributed by atoms with Gasteiger partial charge in [-0.2, -0.15) is 0 Å². The van der Waals surface area contributed by atoms with Crippen molar-refractivity contribution in [3.63, 3.8) is 0 Å². The van der Waals surface area contributed by atoms with Gasteiger partial charge in [0.25, 0.3) is 0 Å². The van der Waals surface area contributed by atoms with E-state index in [2.05, 4.69) is 15.9 Å². The fraction of sp³-hybridized carbons (Fsp3) is 0.188. The number of rotatable bonds is 5. The lowest BCUT2D eigenvalue weighted by Gasteiger charge is -2.10. The van der Waals surface area contributed by atoms with Crippen molar-refractivity contribution >= 4 is 21.7 Å². The fourth-order valence-corrected chi connectivity index (χ4v) is 2.18. The van der Waals surface area contributed by atoms with E-state index in [-0.39, 0.29) is 5.78 Å². The number of Topliss-reactive ketones (excluding diaryl/α,β-unsaturated/α-hetero) is 1. The van der Waals surface area contributed by atoms with Crippen molar-refractivity contribution in [2.45, 2.75) is 13.8 Å². The summed E-state index contributed by atoms with van der Waals surface area (Å²) >= 11 is 3.41. The van der Waals surface area contributed by atoms with Crippen molar-refractivity contribution in [3.8, 4) is 17.2 Å². The van der Waals surface area contributed by atoms with Crippen molar-refractivity contribution in [3.05, 3.63) is 52.5 Å². The van der Waals surface area contributed by atoms with Gasteiger partial charge in [-0.25, -0.2) is 0 Å². The fourth-order valence-electron chi connectivity index (χ4n) is 1.72. The molecule has 0 N–H and O–H groups in total. The largest absolute Gasteiger partial charge is 0.494 e. The number of carbonyl (C=O) groups is 1. The number of ether oxygens (including phenoxy) is 2. The zero-order valence-corrected chi connectivity index (χ0v) is 12.9. The zero-order valence-electron chi connectivity index (χ0n) is 11.4. The molecule has 0 aliphatic rings. The Kier molecular flexibility index (Phi) is 4.79. The first-order valence-corrected chi connectivity index (χ1v) is 7.10. The molecular weight excluding hydrogens is 320 g/mol. The number of ketones is 1. The number of carbonyl (C=O) groups excluding carboxylic acids is 1. The van der Waals surface area contributed by atoms with Crippen LogP contribution in [0.25, 0.3) is 0 Å². The van der Waals surface area contributed by atoms with Gasteiger partial charge in [0, 0.05) is 11.6 Å². The van der Waals surface area contributed by atoms with Gasteiger partial charge < -0.3 is 9.47 Å². The first kappa shape index (κ1) is 14.6. The molecular formula is C16H15BrO3. The van der Waals surface area contributed by atoms with E-state index >= 15 is 0 Å². The Morgan fingerprint density at radius 1 is 1.15 bits per heavy atom. The maximum atomic E-state index is 11.3.